The highest BCUT2D eigenvalue weighted by Gasteiger charge is 2.12. The van der Waals surface area contributed by atoms with E-state index < -0.39 is 11.8 Å². The Morgan fingerprint density at radius 3 is 2.71 bits per heavy atom. The summed E-state index contributed by atoms with van der Waals surface area (Å²) in [6.45, 7) is 0.0213. The van der Waals surface area contributed by atoms with Crippen LogP contribution in [0.2, 0.25) is 0 Å². The zero-order chi connectivity index (χ0) is 15.4. The van der Waals surface area contributed by atoms with Gasteiger partial charge in [0.05, 0.1) is 18.4 Å². The lowest BCUT2D eigenvalue weighted by Gasteiger charge is -2.10. The summed E-state index contributed by atoms with van der Waals surface area (Å²) in [5, 5.41) is 0. The Labute approximate surface area is 129 Å². The first-order valence-electron chi connectivity index (χ1n) is 6.06. The number of hydrogen-bond acceptors (Lipinski definition) is 4. The van der Waals surface area contributed by atoms with E-state index in [9.17, 15) is 9.18 Å². The Morgan fingerprint density at radius 2 is 2.05 bits per heavy atom. The van der Waals surface area contributed by atoms with Crippen molar-refractivity contribution in [1.82, 2.24) is 0 Å². The first-order valence-corrected chi connectivity index (χ1v) is 6.85. The molecule has 0 aromatic heterocycles. The maximum atomic E-state index is 13.3. The summed E-state index contributed by atoms with van der Waals surface area (Å²) in [4.78, 5) is 11.9. The summed E-state index contributed by atoms with van der Waals surface area (Å²) in [6.07, 6.45) is 0. The van der Waals surface area contributed by atoms with Gasteiger partial charge in [0.15, 0.2) is 0 Å². The number of ether oxygens (including phenoxy) is 2. The molecule has 2 rings (SSSR count). The molecular formula is C15H13BrFNO3. The molecule has 0 spiro atoms. The Morgan fingerprint density at radius 1 is 1.29 bits per heavy atom. The van der Waals surface area contributed by atoms with Crippen molar-refractivity contribution in [2.75, 3.05) is 12.8 Å². The van der Waals surface area contributed by atoms with E-state index >= 15 is 0 Å². The van der Waals surface area contributed by atoms with E-state index in [0.29, 0.717) is 11.3 Å². The number of methoxy groups -OCH3 is 1. The van der Waals surface area contributed by atoms with Crippen molar-refractivity contribution in [3.8, 4) is 5.75 Å². The normalized spacial score (nSPS) is 10.2. The molecule has 110 valence electrons. The van der Waals surface area contributed by atoms with Crippen LogP contribution < -0.4 is 10.5 Å². The molecule has 0 radical (unpaired) electrons. The van der Waals surface area contributed by atoms with Crippen LogP contribution in [0.1, 0.15) is 15.9 Å². The molecule has 0 amide bonds. The molecule has 0 unspecified atom stereocenters. The third kappa shape index (κ3) is 3.72. The number of benzene rings is 2. The van der Waals surface area contributed by atoms with E-state index in [-0.39, 0.29) is 17.9 Å². The van der Waals surface area contributed by atoms with Crippen molar-refractivity contribution in [2.45, 2.75) is 6.61 Å². The smallest absolute Gasteiger partial charge is 0.338 e. The number of rotatable bonds is 4. The molecule has 0 saturated heterocycles. The van der Waals surface area contributed by atoms with Crippen molar-refractivity contribution >= 4 is 27.6 Å². The summed E-state index contributed by atoms with van der Waals surface area (Å²) in [5.74, 6) is -0.671. The molecule has 21 heavy (non-hydrogen) atoms. The van der Waals surface area contributed by atoms with Crippen LogP contribution in [0.15, 0.2) is 40.9 Å². The largest absolute Gasteiger partial charge is 0.496 e. The topological polar surface area (TPSA) is 61.5 Å². The van der Waals surface area contributed by atoms with E-state index in [0.717, 1.165) is 10.5 Å². The Kier molecular flexibility index (Phi) is 4.80. The minimum atomic E-state index is -0.649. The maximum absolute atomic E-state index is 13.3. The molecule has 0 aliphatic carbocycles. The van der Waals surface area contributed by atoms with Gasteiger partial charge in [0.1, 0.15) is 18.2 Å². The monoisotopic (exact) mass is 353 g/mol. The lowest BCUT2D eigenvalue weighted by Crippen LogP contribution is -2.07. The third-order valence-electron chi connectivity index (χ3n) is 2.84. The Hall–Kier alpha value is -2.08. The number of nitrogens with two attached hydrogens (primary N) is 1. The number of nitrogen functional groups attached to an aromatic ring is 1. The third-order valence-corrected chi connectivity index (χ3v) is 3.33. The van der Waals surface area contributed by atoms with Gasteiger partial charge >= 0.3 is 5.97 Å². The molecule has 2 N–H and O–H groups in total. The number of hydrogen-bond donors (Lipinski definition) is 1. The highest BCUT2D eigenvalue weighted by atomic mass is 79.9. The van der Waals surface area contributed by atoms with Gasteiger partial charge in [0, 0.05) is 10.0 Å². The number of halogens is 2. The van der Waals surface area contributed by atoms with Crippen LogP contribution in [0.4, 0.5) is 10.1 Å². The van der Waals surface area contributed by atoms with Crippen molar-refractivity contribution in [1.29, 1.82) is 0 Å². The number of esters is 1. The summed E-state index contributed by atoms with van der Waals surface area (Å²) < 4.78 is 24.5. The lowest BCUT2D eigenvalue weighted by atomic mass is 10.2. The van der Waals surface area contributed by atoms with Crippen LogP contribution in [0.3, 0.4) is 0 Å². The molecule has 6 heteroatoms. The van der Waals surface area contributed by atoms with Crippen LogP contribution in [0.5, 0.6) is 5.75 Å². The van der Waals surface area contributed by atoms with E-state index in [1.807, 2.05) is 6.07 Å². The number of carbonyl (C=O) groups excluding carboxylic acids is 1. The van der Waals surface area contributed by atoms with Crippen LogP contribution in [0, 0.1) is 5.82 Å². The van der Waals surface area contributed by atoms with Crippen LogP contribution in [-0.2, 0) is 11.3 Å². The van der Waals surface area contributed by atoms with Gasteiger partial charge in [-0.3, -0.25) is 0 Å². The molecule has 0 aliphatic heterocycles. The molecule has 0 aliphatic rings. The second-order valence-corrected chi connectivity index (χ2v) is 5.18. The molecule has 0 bridgehead atoms. The van der Waals surface area contributed by atoms with E-state index in [4.69, 9.17) is 15.2 Å². The second kappa shape index (κ2) is 6.58. The SMILES string of the molecule is COc1ccc(Br)cc1COC(=O)c1ccc(N)c(F)c1. The number of carbonyl (C=O) groups is 1. The molecule has 0 saturated carbocycles. The number of anilines is 1. The van der Waals surface area contributed by atoms with Gasteiger partial charge < -0.3 is 15.2 Å². The summed E-state index contributed by atoms with van der Waals surface area (Å²) >= 11 is 3.34. The quantitative estimate of drug-likeness (QED) is 0.674. The maximum Gasteiger partial charge on any atom is 0.338 e. The van der Waals surface area contributed by atoms with Gasteiger partial charge in [0.25, 0.3) is 0 Å². The van der Waals surface area contributed by atoms with Crippen LogP contribution in [-0.4, -0.2) is 13.1 Å². The minimum absolute atomic E-state index is 0.0137. The Bertz CT molecular complexity index is 676. The lowest BCUT2D eigenvalue weighted by molar-refractivity contribution is 0.0469. The highest BCUT2D eigenvalue weighted by Crippen LogP contribution is 2.24. The molecule has 2 aromatic rings. The fourth-order valence-corrected chi connectivity index (χ4v) is 2.15. The zero-order valence-corrected chi connectivity index (χ0v) is 12.8. The van der Waals surface area contributed by atoms with Gasteiger partial charge in [-0.1, -0.05) is 15.9 Å². The highest BCUT2D eigenvalue weighted by molar-refractivity contribution is 9.10. The van der Waals surface area contributed by atoms with Gasteiger partial charge in [-0.25, -0.2) is 9.18 Å². The minimum Gasteiger partial charge on any atom is -0.496 e. The van der Waals surface area contributed by atoms with Crippen molar-refractivity contribution in [3.63, 3.8) is 0 Å². The molecular weight excluding hydrogens is 341 g/mol. The van der Waals surface area contributed by atoms with E-state index in [2.05, 4.69) is 15.9 Å². The molecule has 2 aromatic carbocycles. The molecule has 4 nitrogen and oxygen atoms in total. The van der Waals surface area contributed by atoms with Gasteiger partial charge in [-0.15, -0.1) is 0 Å². The van der Waals surface area contributed by atoms with Gasteiger partial charge in [-0.05, 0) is 36.4 Å². The van der Waals surface area contributed by atoms with Crippen LogP contribution in [0.25, 0.3) is 0 Å². The predicted molar refractivity (Wildman–Crippen MR) is 80.6 cm³/mol. The van der Waals surface area contributed by atoms with E-state index in [1.54, 1.807) is 12.1 Å². The van der Waals surface area contributed by atoms with Crippen LogP contribution >= 0.6 is 15.9 Å². The van der Waals surface area contributed by atoms with Crippen molar-refractivity contribution in [2.24, 2.45) is 0 Å². The summed E-state index contributed by atoms with van der Waals surface area (Å²) in [6, 6.07) is 9.16. The predicted octanol–water partition coefficient (Wildman–Crippen LogP) is 3.54. The average molecular weight is 354 g/mol. The first kappa shape index (κ1) is 15.3. The summed E-state index contributed by atoms with van der Waals surface area (Å²) in [5.41, 5.74) is 6.16. The van der Waals surface area contributed by atoms with Crippen molar-refractivity contribution in [3.05, 3.63) is 57.8 Å². The molecule has 0 fully saturated rings. The molecule has 0 atom stereocenters. The Balaban J connectivity index is 2.10. The van der Waals surface area contributed by atoms with Gasteiger partial charge in [0.2, 0.25) is 0 Å². The standard InChI is InChI=1S/C15H13BrFNO3/c1-20-14-5-3-11(16)6-10(14)8-21-15(19)9-2-4-13(18)12(17)7-9/h2-7H,8,18H2,1H3. The first-order chi connectivity index (χ1) is 10.0. The van der Waals surface area contributed by atoms with Crippen molar-refractivity contribution < 1.29 is 18.7 Å². The fraction of sp³-hybridized carbons (Fsp3) is 0.133. The zero-order valence-electron chi connectivity index (χ0n) is 11.2. The fourth-order valence-electron chi connectivity index (χ4n) is 1.74. The van der Waals surface area contributed by atoms with Gasteiger partial charge in [-0.2, -0.15) is 0 Å². The molecule has 0 heterocycles. The summed E-state index contributed by atoms with van der Waals surface area (Å²) in [7, 11) is 1.53. The van der Waals surface area contributed by atoms with E-state index in [1.165, 1.54) is 19.2 Å². The average Bonchev–Trinajstić information content (AvgIpc) is 2.47. The second-order valence-electron chi connectivity index (χ2n) is 4.27.